The zero-order chi connectivity index (χ0) is 19.5. The van der Waals surface area contributed by atoms with Gasteiger partial charge in [-0.2, -0.15) is 5.10 Å². The van der Waals surface area contributed by atoms with Crippen molar-refractivity contribution < 1.29 is 9.59 Å². The largest absolute Gasteiger partial charge is 0.330 e. The van der Waals surface area contributed by atoms with E-state index in [0.29, 0.717) is 12.4 Å². The number of nitrogens with one attached hydrogen (secondary N) is 2. The molecular formula is C21H27N5O2. The minimum Gasteiger partial charge on any atom is -0.330 e. The van der Waals surface area contributed by atoms with Crippen LogP contribution >= 0.6 is 0 Å². The quantitative estimate of drug-likeness (QED) is 0.850. The third-order valence-electron chi connectivity index (χ3n) is 5.80. The topological polar surface area (TPSA) is 91.0 Å². The van der Waals surface area contributed by atoms with Gasteiger partial charge in [0.15, 0.2) is 5.82 Å². The third-order valence-corrected chi connectivity index (χ3v) is 5.80. The van der Waals surface area contributed by atoms with Crippen molar-refractivity contribution in [3.05, 3.63) is 30.1 Å². The molecule has 1 unspecified atom stereocenters. The maximum atomic E-state index is 12.9. The van der Waals surface area contributed by atoms with E-state index in [9.17, 15) is 9.59 Å². The van der Waals surface area contributed by atoms with Crippen molar-refractivity contribution >= 4 is 17.5 Å². The molecule has 7 nitrogen and oxygen atoms in total. The highest BCUT2D eigenvalue weighted by atomic mass is 16.2. The Labute approximate surface area is 164 Å². The number of anilines is 1. The lowest BCUT2D eigenvalue weighted by molar-refractivity contribution is -0.141. The molecule has 1 atom stereocenters. The molecule has 0 spiro atoms. The lowest BCUT2D eigenvalue weighted by atomic mass is 9.88. The Hall–Kier alpha value is -2.70. The number of hydrogen-bond acceptors (Lipinski definition) is 4. The monoisotopic (exact) mass is 381 g/mol. The van der Waals surface area contributed by atoms with E-state index in [2.05, 4.69) is 20.5 Å². The molecule has 4 rings (SSSR count). The van der Waals surface area contributed by atoms with Gasteiger partial charge in [-0.15, -0.1) is 0 Å². The van der Waals surface area contributed by atoms with Gasteiger partial charge in [0.1, 0.15) is 11.9 Å². The van der Waals surface area contributed by atoms with Gasteiger partial charge in [0.05, 0.1) is 0 Å². The summed E-state index contributed by atoms with van der Waals surface area (Å²) in [5.41, 5.74) is 1.61. The second kappa shape index (κ2) is 8.12. The van der Waals surface area contributed by atoms with Crippen molar-refractivity contribution in [1.29, 1.82) is 0 Å². The van der Waals surface area contributed by atoms with Gasteiger partial charge < -0.3 is 10.2 Å². The number of hydrogen-bond donors (Lipinski definition) is 2. The second-order valence-corrected chi connectivity index (χ2v) is 7.84. The molecule has 1 aromatic carbocycles. The minimum absolute atomic E-state index is 0.0943. The van der Waals surface area contributed by atoms with E-state index < -0.39 is 0 Å². The Morgan fingerprint density at radius 1 is 1.07 bits per heavy atom. The highest BCUT2D eigenvalue weighted by Crippen LogP contribution is 2.29. The molecule has 1 saturated heterocycles. The smallest absolute Gasteiger partial charge is 0.247 e. The first-order valence-electron chi connectivity index (χ1n) is 10.2. The zero-order valence-electron chi connectivity index (χ0n) is 16.3. The highest BCUT2D eigenvalue weighted by molar-refractivity contribution is 5.98. The number of aryl methyl sites for hydroxylation is 1. The van der Waals surface area contributed by atoms with E-state index in [1.54, 1.807) is 0 Å². The summed E-state index contributed by atoms with van der Waals surface area (Å²) in [7, 11) is 0. The van der Waals surface area contributed by atoms with Crippen LogP contribution in [0.2, 0.25) is 0 Å². The molecule has 0 bridgehead atoms. The Bertz CT molecular complexity index is 839. The molecule has 2 aliphatic rings. The molecule has 1 aliphatic heterocycles. The highest BCUT2D eigenvalue weighted by Gasteiger charge is 2.37. The second-order valence-electron chi connectivity index (χ2n) is 7.84. The number of carbonyl (C=O) groups is 2. The molecule has 148 valence electrons. The summed E-state index contributed by atoms with van der Waals surface area (Å²) in [6.45, 7) is 2.55. The molecular weight excluding hydrogens is 354 g/mol. The van der Waals surface area contributed by atoms with E-state index >= 15 is 0 Å². The van der Waals surface area contributed by atoms with Crippen molar-refractivity contribution in [2.24, 2.45) is 5.92 Å². The summed E-state index contributed by atoms with van der Waals surface area (Å²) < 4.78 is 0. The van der Waals surface area contributed by atoms with E-state index in [-0.39, 0.29) is 23.8 Å². The van der Waals surface area contributed by atoms with Crippen LogP contribution in [0.25, 0.3) is 11.4 Å². The number of H-pyrrole nitrogens is 1. The molecule has 2 amide bonds. The van der Waals surface area contributed by atoms with Gasteiger partial charge in [0.25, 0.3) is 0 Å². The Kier molecular flexibility index (Phi) is 5.41. The Morgan fingerprint density at radius 3 is 2.50 bits per heavy atom. The van der Waals surface area contributed by atoms with Gasteiger partial charge in [-0.3, -0.25) is 14.7 Å². The summed E-state index contributed by atoms with van der Waals surface area (Å²) >= 11 is 0. The fourth-order valence-corrected chi connectivity index (χ4v) is 4.29. The van der Waals surface area contributed by atoms with Crippen molar-refractivity contribution in [1.82, 2.24) is 20.1 Å². The molecule has 28 heavy (non-hydrogen) atoms. The van der Waals surface area contributed by atoms with Gasteiger partial charge in [0, 0.05) is 23.7 Å². The molecule has 2 heterocycles. The van der Waals surface area contributed by atoms with Crippen molar-refractivity contribution in [2.75, 3.05) is 11.9 Å². The summed E-state index contributed by atoms with van der Waals surface area (Å²) in [4.78, 5) is 31.9. The van der Waals surface area contributed by atoms with E-state index in [4.69, 9.17) is 0 Å². The van der Waals surface area contributed by atoms with Crippen molar-refractivity contribution in [3.63, 3.8) is 0 Å². The van der Waals surface area contributed by atoms with Crippen molar-refractivity contribution in [2.45, 2.75) is 57.9 Å². The van der Waals surface area contributed by atoms with Crippen LogP contribution in [0, 0.1) is 12.8 Å². The Balaban J connectivity index is 1.40. The lowest BCUT2D eigenvalue weighted by Crippen LogP contribution is -2.46. The molecule has 2 aromatic rings. The standard InChI is InChI=1S/C21H27N5O2/c1-14-22-19(25-24-14)15-9-11-17(12-10-15)23-20(27)18-8-5-13-26(18)21(28)16-6-3-2-4-7-16/h9-12,16,18H,2-8,13H2,1H3,(H,23,27)(H,22,24,25). The first-order valence-corrected chi connectivity index (χ1v) is 10.2. The maximum absolute atomic E-state index is 12.9. The lowest BCUT2D eigenvalue weighted by Gasteiger charge is -2.30. The normalized spacial score (nSPS) is 20.3. The summed E-state index contributed by atoms with van der Waals surface area (Å²) in [6, 6.07) is 7.11. The van der Waals surface area contributed by atoms with Crippen LogP contribution in [0.15, 0.2) is 24.3 Å². The van der Waals surface area contributed by atoms with Gasteiger partial charge in [0.2, 0.25) is 11.8 Å². The first kappa shape index (κ1) is 18.7. The van der Waals surface area contributed by atoms with E-state index in [1.807, 2.05) is 36.1 Å². The number of carbonyl (C=O) groups excluding carboxylic acids is 2. The van der Waals surface area contributed by atoms with Crippen LogP contribution in [0.4, 0.5) is 5.69 Å². The van der Waals surface area contributed by atoms with Gasteiger partial charge in [-0.05, 0) is 56.9 Å². The maximum Gasteiger partial charge on any atom is 0.247 e. The molecule has 1 aromatic heterocycles. The van der Waals surface area contributed by atoms with Crippen LogP contribution < -0.4 is 5.32 Å². The van der Waals surface area contributed by atoms with Crippen LogP contribution in [0.1, 0.15) is 50.8 Å². The fraction of sp³-hybridized carbons (Fsp3) is 0.524. The van der Waals surface area contributed by atoms with Crippen LogP contribution in [-0.2, 0) is 9.59 Å². The molecule has 7 heteroatoms. The van der Waals surface area contributed by atoms with E-state index in [0.717, 1.165) is 55.6 Å². The number of aromatic amines is 1. The summed E-state index contributed by atoms with van der Waals surface area (Å²) in [6.07, 6.45) is 7.02. The van der Waals surface area contributed by atoms with Gasteiger partial charge in [-0.1, -0.05) is 19.3 Å². The van der Waals surface area contributed by atoms with Crippen LogP contribution in [0.3, 0.4) is 0 Å². The molecule has 2 fully saturated rings. The number of likely N-dealkylation sites (tertiary alicyclic amines) is 1. The van der Waals surface area contributed by atoms with Gasteiger partial charge in [-0.25, -0.2) is 4.98 Å². The first-order chi connectivity index (χ1) is 13.6. The minimum atomic E-state index is -0.357. The number of rotatable bonds is 4. The SMILES string of the molecule is Cc1nc(-c2ccc(NC(=O)C3CCCN3C(=O)C3CCCCC3)cc2)n[nH]1. The number of benzene rings is 1. The fourth-order valence-electron chi connectivity index (χ4n) is 4.29. The molecule has 1 aliphatic carbocycles. The average molecular weight is 381 g/mol. The van der Waals surface area contributed by atoms with Gasteiger partial charge >= 0.3 is 0 Å². The number of aromatic nitrogens is 3. The van der Waals surface area contributed by atoms with Crippen molar-refractivity contribution in [3.8, 4) is 11.4 Å². The molecule has 1 saturated carbocycles. The predicted molar refractivity (Wildman–Crippen MR) is 106 cm³/mol. The van der Waals surface area contributed by atoms with Crippen LogP contribution in [-0.4, -0.2) is 44.5 Å². The third kappa shape index (κ3) is 3.93. The van der Waals surface area contributed by atoms with E-state index in [1.165, 1.54) is 6.42 Å². The molecule has 0 radical (unpaired) electrons. The number of nitrogens with zero attached hydrogens (tertiary/aromatic N) is 3. The summed E-state index contributed by atoms with van der Waals surface area (Å²) in [5, 5.41) is 9.94. The Morgan fingerprint density at radius 2 is 1.82 bits per heavy atom. The molecule has 2 N–H and O–H groups in total. The zero-order valence-corrected chi connectivity index (χ0v) is 16.3. The summed E-state index contributed by atoms with van der Waals surface area (Å²) in [5.74, 6) is 1.58. The average Bonchev–Trinajstić information content (AvgIpc) is 3.38. The number of amides is 2. The predicted octanol–water partition coefficient (Wildman–Crippen LogP) is 3.29. The van der Waals surface area contributed by atoms with Crippen LogP contribution in [0.5, 0.6) is 0 Å².